The van der Waals surface area contributed by atoms with Gasteiger partial charge in [0.25, 0.3) is 0 Å². The van der Waals surface area contributed by atoms with Gasteiger partial charge in [0.15, 0.2) is 16.9 Å². The first-order valence-corrected chi connectivity index (χ1v) is 11.0. The summed E-state index contributed by atoms with van der Waals surface area (Å²) >= 11 is 0. The topological polar surface area (TPSA) is 101 Å². The molecule has 3 aliphatic rings. The van der Waals surface area contributed by atoms with E-state index in [-0.39, 0.29) is 23.2 Å². The summed E-state index contributed by atoms with van der Waals surface area (Å²) in [6.07, 6.45) is 4.54. The monoisotopic (exact) mass is 440 g/mol. The van der Waals surface area contributed by atoms with Crippen LogP contribution in [0.5, 0.6) is 11.5 Å². The van der Waals surface area contributed by atoms with Gasteiger partial charge in [-0.3, -0.25) is 14.5 Å². The molecule has 170 valence electrons. The molecule has 8 nitrogen and oxygen atoms in total. The highest BCUT2D eigenvalue weighted by atomic mass is 16.5. The summed E-state index contributed by atoms with van der Waals surface area (Å²) in [6, 6.07) is 5.31. The van der Waals surface area contributed by atoms with Gasteiger partial charge in [0.2, 0.25) is 0 Å². The Bertz CT molecular complexity index is 1150. The quantitative estimate of drug-likeness (QED) is 0.737. The van der Waals surface area contributed by atoms with Crippen molar-refractivity contribution in [2.75, 3.05) is 18.7 Å². The maximum Gasteiger partial charge on any atom is 0.341 e. The molecule has 5 rings (SSSR count). The second-order valence-corrected chi connectivity index (χ2v) is 9.69. The third-order valence-electron chi connectivity index (χ3n) is 7.10. The molecule has 0 unspecified atom stereocenters. The van der Waals surface area contributed by atoms with E-state index < -0.39 is 11.4 Å². The minimum Gasteiger partial charge on any atom is -0.493 e. The van der Waals surface area contributed by atoms with Gasteiger partial charge in [0, 0.05) is 17.8 Å². The van der Waals surface area contributed by atoms with E-state index in [2.05, 4.69) is 18.9 Å². The Morgan fingerprint density at radius 3 is 2.62 bits per heavy atom. The Labute approximate surface area is 186 Å². The number of carbonyl (C=O) groups is 1. The van der Waals surface area contributed by atoms with Gasteiger partial charge in [-0.1, -0.05) is 0 Å². The van der Waals surface area contributed by atoms with Crippen LogP contribution in [0.25, 0.3) is 11.3 Å². The molecular formula is C24H28N2O6. The number of aliphatic hydroxyl groups excluding tert-OH is 1. The van der Waals surface area contributed by atoms with Gasteiger partial charge in [0.1, 0.15) is 5.56 Å². The van der Waals surface area contributed by atoms with Crippen LogP contribution in [-0.4, -0.2) is 46.2 Å². The van der Waals surface area contributed by atoms with Crippen LogP contribution in [0.1, 0.15) is 61.5 Å². The number of pyridine rings is 1. The normalized spacial score (nSPS) is 24.8. The Morgan fingerprint density at radius 2 is 1.97 bits per heavy atom. The number of carboxylic acids is 1. The van der Waals surface area contributed by atoms with Crippen LogP contribution in [0.2, 0.25) is 0 Å². The van der Waals surface area contributed by atoms with Crippen LogP contribution in [0.4, 0.5) is 0 Å². The maximum atomic E-state index is 12.6. The lowest BCUT2D eigenvalue weighted by molar-refractivity contribution is 0.0198. The van der Waals surface area contributed by atoms with Crippen LogP contribution >= 0.6 is 0 Å². The van der Waals surface area contributed by atoms with Crippen LogP contribution < -0.4 is 19.9 Å². The highest BCUT2D eigenvalue weighted by Crippen LogP contribution is 2.50. The smallest absolute Gasteiger partial charge is 0.341 e. The molecule has 8 heteroatoms. The summed E-state index contributed by atoms with van der Waals surface area (Å²) in [5.74, 6) is 0.319. The first kappa shape index (κ1) is 20.9. The molecule has 3 heterocycles. The number of methoxy groups -OCH3 is 1. The SMILES string of the molecule is COc1cc2c(cc1OCC1CC(O)C1)[C@H]1CCC(C)(C)N1n1cc(C(=O)O)c(=O)cc1-2. The fourth-order valence-electron chi connectivity index (χ4n) is 5.33. The lowest BCUT2D eigenvalue weighted by Crippen LogP contribution is -2.50. The Kier molecular flexibility index (Phi) is 4.74. The highest BCUT2D eigenvalue weighted by molar-refractivity contribution is 5.88. The van der Waals surface area contributed by atoms with E-state index in [9.17, 15) is 19.8 Å². The van der Waals surface area contributed by atoms with Crippen molar-refractivity contribution < 1.29 is 24.5 Å². The van der Waals surface area contributed by atoms with Crippen molar-refractivity contribution >= 4 is 5.97 Å². The first-order chi connectivity index (χ1) is 15.2. The summed E-state index contributed by atoms with van der Waals surface area (Å²) < 4.78 is 13.5. The average Bonchev–Trinajstić information content (AvgIpc) is 3.04. The van der Waals surface area contributed by atoms with E-state index >= 15 is 0 Å². The standard InChI is InChI=1S/C24H28N2O6/c1-24(2)5-4-18-15-9-22(32-12-13-6-14(27)7-13)21(31-3)8-16(15)19-10-20(28)17(23(29)30)11-25(19)26(18)24/h8-11,13-14,18,27H,4-7,12H2,1-3H3,(H,29,30)/t13?,14?,18-/m1/s1. The molecular weight excluding hydrogens is 412 g/mol. The average molecular weight is 440 g/mol. The van der Waals surface area contributed by atoms with Crippen molar-refractivity contribution in [1.82, 2.24) is 4.68 Å². The minimum absolute atomic E-state index is 0.0235. The second-order valence-electron chi connectivity index (χ2n) is 9.69. The van der Waals surface area contributed by atoms with Crippen molar-refractivity contribution in [2.24, 2.45) is 5.92 Å². The molecule has 32 heavy (non-hydrogen) atoms. The summed E-state index contributed by atoms with van der Waals surface area (Å²) in [4.78, 5) is 24.2. The molecule has 1 aliphatic carbocycles. The Balaban J connectivity index is 1.64. The number of aromatic nitrogens is 1. The van der Waals surface area contributed by atoms with Gasteiger partial charge < -0.3 is 19.7 Å². The minimum atomic E-state index is -1.23. The number of nitrogens with zero attached hydrogens (tertiary/aromatic N) is 2. The zero-order valence-corrected chi connectivity index (χ0v) is 18.5. The van der Waals surface area contributed by atoms with Crippen molar-refractivity contribution in [3.05, 3.63) is 45.7 Å². The molecule has 1 saturated carbocycles. The molecule has 1 atom stereocenters. The van der Waals surface area contributed by atoms with Crippen molar-refractivity contribution in [3.63, 3.8) is 0 Å². The third-order valence-corrected chi connectivity index (χ3v) is 7.10. The number of carboxylic acid groups (broad SMARTS) is 1. The van der Waals surface area contributed by atoms with Crippen molar-refractivity contribution in [1.29, 1.82) is 0 Å². The number of aromatic carboxylic acids is 1. The molecule has 2 aromatic rings. The van der Waals surface area contributed by atoms with E-state index in [4.69, 9.17) is 9.47 Å². The molecule has 0 radical (unpaired) electrons. The van der Waals surface area contributed by atoms with Crippen molar-refractivity contribution in [3.8, 4) is 22.8 Å². The van der Waals surface area contributed by atoms with Gasteiger partial charge in [-0.2, -0.15) is 0 Å². The molecule has 2 fully saturated rings. The molecule has 1 saturated heterocycles. The summed E-state index contributed by atoms with van der Waals surface area (Å²) in [5.41, 5.74) is 1.56. The molecule has 2 N–H and O–H groups in total. The number of hydrogen-bond acceptors (Lipinski definition) is 6. The fraction of sp³-hybridized carbons (Fsp3) is 0.500. The van der Waals surface area contributed by atoms with E-state index in [1.165, 1.54) is 12.3 Å². The first-order valence-electron chi connectivity index (χ1n) is 11.0. The summed E-state index contributed by atoms with van der Waals surface area (Å²) in [7, 11) is 1.58. The van der Waals surface area contributed by atoms with E-state index in [0.717, 1.165) is 36.8 Å². The van der Waals surface area contributed by atoms with E-state index in [1.807, 2.05) is 16.8 Å². The van der Waals surface area contributed by atoms with Gasteiger partial charge >= 0.3 is 5.97 Å². The molecule has 0 spiro atoms. The summed E-state index contributed by atoms with van der Waals surface area (Å²) in [6.45, 7) is 4.77. The number of hydrogen-bond donors (Lipinski definition) is 2. The van der Waals surface area contributed by atoms with Crippen LogP contribution in [-0.2, 0) is 0 Å². The largest absolute Gasteiger partial charge is 0.493 e. The lowest BCUT2D eigenvalue weighted by Gasteiger charge is -2.44. The molecule has 0 amide bonds. The number of fused-ring (bicyclic) bond motifs is 6. The van der Waals surface area contributed by atoms with Crippen molar-refractivity contribution in [2.45, 2.75) is 57.2 Å². The van der Waals surface area contributed by atoms with E-state index in [1.54, 1.807) is 7.11 Å². The number of benzene rings is 1. The zero-order chi connectivity index (χ0) is 22.8. The molecule has 1 aromatic carbocycles. The van der Waals surface area contributed by atoms with Gasteiger partial charge in [-0.15, -0.1) is 0 Å². The predicted molar refractivity (Wildman–Crippen MR) is 118 cm³/mol. The molecule has 2 aliphatic heterocycles. The third kappa shape index (κ3) is 3.16. The van der Waals surface area contributed by atoms with Crippen LogP contribution in [0, 0.1) is 5.92 Å². The predicted octanol–water partition coefficient (Wildman–Crippen LogP) is 2.94. The lowest BCUT2D eigenvalue weighted by atomic mass is 9.83. The fourth-order valence-corrected chi connectivity index (χ4v) is 5.33. The Morgan fingerprint density at radius 1 is 1.22 bits per heavy atom. The van der Waals surface area contributed by atoms with E-state index in [0.29, 0.717) is 29.7 Å². The van der Waals surface area contributed by atoms with Crippen LogP contribution in [0.3, 0.4) is 0 Å². The maximum absolute atomic E-state index is 12.6. The van der Waals surface area contributed by atoms with Gasteiger partial charge in [-0.05, 0) is 63.1 Å². The zero-order valence-electron chi connectivity index (χ0n) is 18.5. The highest BCUT2D eigenvalue weighted by Gasteiger charge is 2.45. The number of aliphatic hydroxyl groups is 1. The van der Waals surface area contributed by atoms with Crippen LogP contribution in [0.15, 0.2) is 29.2 Å². The van der Waals surface area contributed by atoms with Gasteiger partial charge in [0.05, 0.1) is 37.1 Å². The number of ether oxygens (including phenoxy) is 2. The summed E-state index contributed by atoms with van der Waals surface area (Å²) in [5, 5.41) is 21.2. The second kappa shape index (κ2) is 7.27. The molecule has 0 bridgehead atoms. The molecule has 1 aromatic heterocycles. The van der Waals surface area contributed by atoms with Gasteiger partial charge in [-0.25, -0.2) is 4.79 Å². The number of rotatable bonds is 5. The Hall–Kier alpha value is -3.00.